The van der Waals surface area contributed by atoms with E-state index in [2.05, 4.69) is 316 Å². The molecule has 11 aromatic carbocycles. The van der Waals surface area contributed by atoms with Gasteiger partial charge in [-0.2, -0.15) is 0 Å². The van der Waals surface area contributed by atoms with E-state index in [1.807, 2.05) is 0 Å². The van der Waals surface area contributed by atoms with Crippen molar-refractivity contribution in [1.29, 1.82) is 0 Å². The minimum atomic E-state index is -1.51. The van der Waals surface area contributed by atoms with Crippen molar-refractivity contribution in [2.75, 3.05) is 9.80 Å². The van der Waals surface area contributed by atoms with Crippen LogP contribution in [-0.4, -0.2) is 16.1 Å². The molecular weight excluding hydrogens is 925 g/mol. The van der Waals surface area contributed by atoms with Gasteiger partial charge < -0.3 is 9.80 Å². The Morgan fingerprint density at radius 2 is 0.622 bits per heavy atom. The molecule has 0 unspecified atom stereocenters. The maximum Gasteiger partial charge on any atom is 0.0775 e. The summed E-state index contributed by atoms with van der Waals surface area (Å²) < 4.78 is 0. The fourth-order valence-corrected chi connectivity index (χ4v) is 12.8. The van der Waals surface area contributed by atoms with Crippen LogP contribution < -0.4 is 20.2 Å². The molecule has 0 atom stereocenters. The highest BCUT2D eigenvalue weighted by Gasteiger charge is 2.23. The molecule has 0 radical (unpaired) electrons. The lowest BCUT2D eigenvalue weighted by molar-refractivity contribution is 1.28. The van der Waals surface area contributed by atoms with Gasteiger partial charge in [-0.05, 0) is 151 Å². The van der Waals surface area contributed by atoms with Crippen LogP contribution >= 0.6 is 0 Å². The smallest absolute Gasteiger partial charge is 0.0775 e. The van der Waals surface area contributed by atoms with Crippen molar-refractivity contribution in [2.24, 2.45) is 0 Å². The van der Waals surface area contributed by atoms with E-state index in [1.165, 1.54) is 65.3 Å². The van der Waals surface area contributed by atoms with Crippen molar-refractivity contribution in [3.8, 4) is 33.4 Å². The maximum absolute atomic E-state index is 2.44. The third-order valence-electron chi connectivity index (χ3n) is 14.3. The molecule has 11 rings (SSSR count). The van der Waals surface area contributed by atoms with Crippen molar-refractivity contribution in [1.82, 2.24) is 0 Å². The van der Waals surface area contributed by atoms with Crippen LogP contribution in [0.5, 0.6) is 0 Å². The maximum atomic E-state index is 2.44. The van der Waals surface area contributed by atoms with Crippen molar-refractivity contribution in [2.45, 2.75) is 39.3 Å². The van der Waals surface area contributed by atoms with E-state index in [0.717, 1.165) is 45.3 Å². The molecule has 0 bridgehead atoms. The van der Waals surface area contributed by atoms with Gasteiger partial charge in [-0.15, -0.1) is 0 Å². The van der Waals surface area contributed by atoms with E-state index in [4.69, 9.17) is 0 Å². The van der Waals surface area contributed by atoms with Gasteiger partial charge in [0.15, 0.2) is 0 Å². The van der Waals surface area contributed by atoms with Crippen molar-refractivity contribution in [3.05, 3.63) is 266 Å². The Morgan fingerprint density at radius 1 is 0.257 bits per heavy atom. The van der Waals surface area contributed by atoms with Crippen LogP contribution in [0.15, 0.2) is 255 Å². The first-order valence-corrected chi connectivity index (χ1v) is 32.9. The Balaban J connectivity index is 1.12. The minimum Gasteiger partial charge on any atom is -0.310 e. The topological polar surface area (TPSA) is 6.48 Å². The predicted molar refractivity (Wildman–Crippen MR) is 328 cm³/mol. The number of hydrogen-bond acceptors (Lipinski definition) is 2. The number of rotatable bonds is 13. The summed E-state index contributed by atoms with van der Waals surface area (Å²) in [6, 6.07) is 94.1. The van der Waals surface area contributed by atoms with Crippen LogP contribution in [0.2, 0.25) is 39.3 Å². The molecular formula is C70H62N2Si2. The number of para-hydroxylation sites is 2. The summed E-state index contributed by atoms with van der Waals surface area (Å²) in [5.74, 6) is 0. The third kappa shape index (κ3) is 9.95. The third-order valence-corrected chi connectivity index (χ3v) is 18.4. The number of anilines is 6. The van der Waals surface area contributed by atoms with Crippen LogP contribution in [0, 0.1) is 0 Å². The first-order chi connectivity index (χ1) is 36.0. The Morgan fingerprint density at radius 3 is 1.12 bits per heavy atom. The van der Waals surface area contributed by atoms with E-state index in [0.29, 0.717) is 0 Å². The average molecular weight is 987 g/mol. The Hall–Kier alpha value is -8.29. The number of benzene rings is 11. The zero-order valence-corrected chi connectivity index (χ0v) is 45.3. The predicted octanol–water partition coefficient (Wildman–Crippen LogP) is 19.2. The largest absolute Gasteiger partial charge is 0.310 e. The van der Waals surface area contributed by atoms with Crippen LogP contribution in [0.3, 0.4) is 0 Å². The number of nitrogens with zero attached hydrogens (tertiary/aromatic N) is 2. The van der Waals surface area contributed by atoms with E-state index in [-0.39, 0.29) is 0 Å². The summed E-state index contributed by atoms with van der Waals surface area (Å²) in [6.45, 7) is 14.5. The minimum absolute atomic E-state index is 1.11. The van der Waals surface area contributed by atoms with Crippen LogP contribution in [0.1, 0.15) is 11.1 Å². The molecule has 0 amide bonds. The highest BCUT2D eigenvalue weighted by Crippen LogP contribution is 2.47. The second-order valence-electron chi connectivity index (χ2n) is 21.5. The highest BCUT2D eigenvalue weighted by atomic mass is 28.3. The lowest BCUT2D eigenvalue weighted by Crippen LogP contribution is -2.37. The van der Waals surface area contributed by atoms with Crippen molar-refractivity contribution >= 4 is 94.3 Å². The van der Waals surface area contributed by atoms with Gasteiger partial charge in [-0.25, -0.2) is 0 Å². The van der Waals surface area contributed by atoms with E-state index < -0.39 is 16.1 Å². The van der Waals surface area contributed by atoms with Crippen LogP contribution in [0.4, 0.5) is 34.1 Å². The molecule has 0 aliphatic rings. The summed E-state index contributed by atoms with van der Waals surface area (Å²) in [5.41, 5.74) is 16.2. The average Bonchev–Trinajstić information content (AvgIpc) is 3.43. The molecule has 2 nitrogen and oxygen atoms in total. The monoisotopic (exact) mass is 986 g/mol. The lowest BCUT2D eigenvalue weighted by atomic mass is 9.84. The molecule has 0 spiro atoms. The molecule has 4 heteroatoms. The molecule has 0 heterocycles. The quantitative estimate of drug-likeness (QED) is 0.0645. The van der Waals surface area contributed by atoms with Crippen LogP contribution in [0.25, 0.3) is 67.1 Å². The highest BCUT2D eigenvalue weighted by molar-refractivity contribution is 6.89. The molecule has 0 N–H and O–H groups in total. The molecule has 74 heavy (non-hydrogen) atoms. The normalized spacial score (nSPS) is 11.9. The second-order valence-corrected chi connectivity index (χ2v) is 31.6. The zero-order chi connectivity index (χ0) is 50.8. The van der Waals surface area contributed by atoms with Gasteiger partial charge >= 0.3 is 0 Å². The lowest BCUT2D eigenvalue weighted by Gasteiger charge is -2.28. The standard InChI is InChI=1S/C70H62N2Si2/c1-73(2,3)63-42-38-59(39-43-63)71(57-27-12-8-13-28-57)61-31-19-25-55(48-61)69-65-33-16-17-34-66(65)70(68-50-54(37-46-67(68)69)53-24-18-23-52(47-53)36-35-51-21-10-7-11-22-51)56-26-20-32-62(49-56)72(58-29-14-9-15-30-58)60-40-44-64(45-41-60)74(4,5)6/h7-50H,1-6H3/b36-35+. The molecule has 0 aliphatic carbocycles. The Kier molecular flexibility index (Phi) is 13.2. The molecule has 11 aromatic rings. The molecule has 0 saturated heterocycles. The van der Waals surface area contributed by atoms with Gasteiger partial charge in [-0.3, -0.25) is 0 Å². The van der Waals surface area contributed by atoms with Crippen molar-refractivity contribution in [3.63, 3.8) is 0 Å². The SMILES string of the molecule is C[Si](C)(C)c1ccc(N(c2ccccc2)c2cccc(-c3c4ccccc4c(-c4cccc(N(c5ccccc5)c5ccc([Si](C)(C)C)cc5)c4)c4cc(-c5cccc(/C=C/c6ccccc6)c5)ccc34)c2)cc1. The number of fused-ring (bicyclic) bond motifs is 2. The van der Waals surface area contributed by atoms with Gasteiger partial charge in [0, 0.05) is 34.1 Å². The summed E-state index contributed by atoms with van der Waals surface area (Å²) in [5, 5.41) is 7.73. The van der Waals surface area contributed by atoms with Crippen molar-refractivity contribution < 1.29 is 0 Å². The van der Waals surface area contributed by atoms with E-state index in [1.54, 1.807) is 0 Å². The molecule has 0 aromatic heterocycles. The summed E-state index contributed by atoms with van der Waals surface area (Å²) in [6.07, 6.45) is 4.41. The van der Waals surface area contributed by atoms with Gasteiger partial charge in [0.05, 0.1) is 16.1 Å². The van der Waals surface area contributed by atoms with Gasteiger partial charge in [0.2, 0.25) is 0 Å². The summed E-state index contributed by atoms with van der Waals surface area (Å²) in [7, 11) is -3.01. The Labute approximate surface area is 440 Å². The molecule has 0 fully saturated rings. The van der Waals surface area contributed by atoms with Gasteiger partial charge in [-0.1, -0.05) is 232 Å². The van der Waals surface area contributed by atoms with Crippen LogP contribution in [-0.2, 0) is 0 Å². The van der Waals surface area contributed by atoms with Gasteiger partial charge in [0.25, 0.3) is 0 Å². The first-order valence-electron chi connectivity index (χ1n) is 25.9. The Bertz CT molecular complexity index is 3780. The number of hydrogen-bond donors (Lipinski definition) is 0. The van der Waals surface area contributed by atoms with E-state index in [9.17, 15) is 0 Å². The zero-order valence-electron chi connectivity index (χ0n) is 43.3. The summed E-state index contributed by atoms with van der Waals surface area (Å²) in [4.78, 5) is 4.80. The van der Waals surface area contributed by atoms with E-state index >= 15 is 0 Å². The second kappa shape index (κ2) is 20.3. The fourth-order valence-electron chi connectivity index (χ4n) is 10.4. The molecule has 0 saturated carbocycles. The first kappa shape index (κ1) is 48.0. The molecule has 0 aliphatic heterocycles. The molecule has 360 valence electrons. The summed E-state index contributed by atoms with van der Waals surface area (Å²) >= 11 is 0. The fraction of sp³-hybridized carbons (Fsp3) is 0.0857. The van der Waals surface area contributed by atoms with Gasteiger partial charge in [0.1, 0.15) is 0 Å².